The monoisotopic (exact) mass is 481 g/mol. The van der Waals surface area contributed by atoms with E-state index in [1.807, 2.05) is 13.8 Å². The van der Waals surface area contributed by atoms with Gasteiger partial charge >= 0.3 is 6.16 Å². The van der Waals surface area contributed by atoms with E-state index in [0.29, 0.717) is 19.4 Å². The van der Waals surface area contributed by atoms with Gasteiger partial charge in [-0.2, -0.15) is 0 Å². The quantitative estimate of drug-likeness (QED) is 0.210. The minimum Gasteiger partial charge on any atom is -0.432 e. The zero-order chi connectivity index (χ0) is 26.3. The minimum atomic E-state index is -0.972. The predicted molar refractivity (Wildman–Crippen MR) is 130 cm³/mol. The number of nitrogens with zero attached hydrogens (tertiary/aromatic N) is 2. The van der Waals surface area contributed by atoms with E-state index in [2.05, 4.69) is 26.1 Å². The number of ether oxygens (including phenoxy) is 2. The zero-order valence-electron chi connectivity index (χ0n) is 21.4. The zero-order valence-corrected chi connectivity index (χ0v) is 21.4. The summed E-state index contributed by atoms with van der Waals surface area (Å²) in [6.07, 6.45) is 0.249. The molecule has 10 nitrogen and oxygen atoms in total. The first-order valence-corrected chi connectivity index (χ1v) is 11.5. The van der Waals surface area contributed by atoms with Crippen molar-refractivity contribution in [3.63, 3.8) is 0 Å². The molecule has 0 atom stereocenters. The van der Waals surface area contributed by atoms with Crippen LogP contribution in [0.15, 0.2) is 24.3 Å². The molecule has 10 heteroatoms. The summed E-state index contributed by atoms with van der Waals surface area (Å²) >= 11 is 0. The maximum atomic E-state index is 12.4. The van der Waals surface area contributed by atoms with E-state index in [9.17, 15) is 24.5 Å². The fourth-order valence-electron chi connectivity index (χ4n) is 2.71. The van der Waals surface area contributed by atoms with Gasteiger partial charge in [0.05, 0.1) is 11.5 Å². The Hall–Kier alpha value is -3.17. The molecule has 34 heavy (non-hydrogen) atoms. The molecule has 0 aromatic heterocycles. The van der Waals surface area contributed by atoms with Gasteiger partial charge in [-0.3, -0.25) is 19.7 Å². The number of non-ortho nitro benzene ring substituents is 1. The van der Waals surface area contributed by atoms with Crippen molar-refractivity contribution in [2.75, 3.05) is 19.7 Å². The molecular formula is C24H39N3O7. The second-order valence-electron chi connectivity index (χ2n) is 8.85. The average molecular weight is 482 g/mol. The van der Waals surface area contributed by atoms with Crippen molar-refractivity contribution in [1.82, 2.24) is 10.2 Å². The van der Waals surface area contributed by atoms with Gasteiger partial charge in [-0.25, -0.2) is 4.79 Å². The molecule has 0 saturated heterocycles. The summed E-state index contributed by atoms with van der Waals surface area (Å²) in [7, 11) is 0. The van der Waals surface area contributed by atoms with Crippen LogP contribution >= 0.6 is 0 Å². The molecule has 0 saturated carbocycles. The molecule has 0 unspecified atom stereocenters. The lowest BCUT2D eigenvalue weighted by Crippen LogP contribution is -2.50. The van der Waals surface area contributed by atoms with Gasteiger partial charge in [0.1, 0.15) is 12.4 Å². The van der Waals surface area contributed by atoms with Crippen LogP contribution in [-0.4, -0.2) is 53.0 Å². The Morgan fingerprint density at radius 1 is 1.09 bits per heavy atom. The van der Waals surface area contributed by atoms with Crippen LogP contribution in [0.4, 0.5) is 10.5 Å². The Kier molecular flexibility index (Phi) is 14.2. The van der Waals surface area contributed by atoms with Crippen molar-refractivity contribution in [3.05, 3.63) is 34.4 Å². The van der Waals surface area contributed by atoms with Gasteiger partial charge in [0.15, 0.2) is 0 Å². The molecular weight excluding hydrogens is 442 g/mol. The molecule has 1 aromatic rings. The van der Waals surface area contributed by atoms with E-state index >= 15 is 0 Å². The van der Waals surface area contributed by atoms with E-state index in [4.69, 9.17) is 9.47 Å². The summed E-state index contributed by atoms with van der Waals surface area (Å²) in [5.41, 5.74) is -0.679. The topological polar surface area (TPSA) is 128 Å². The predicted octanol–water partition coefficient (Wildman–Crippen LogP) is 4.71. The number of carbonyl (C=O) groups excluding carboxylic acids is 3. The summed E-state index contributed by atoms with van der Waals surface area (Å²) in [5.74, 6) is 0.782. The summed E-state index contributed by atoms with van der Waals surface area (Å²) < 4.78 is 10.0. The third-order valence-corrected chi connectivity index (χ3v) is 4.50. The van der Waals surface area contributed by atoms with E-state index < -0.39 is 16.6 Å². The van der Waals surface area contributed by atoms with Gasteiger partial charge in [0.25, 0.3) is 5.69 Å². The fraction of sp³-hybridized carbons (Fsp3) is 0.625. The molecule has 1 rings (SSSR count). The molecule has 0 aliphatic carbocycles. The molecule has 0 heterocycles. The van der Waals surface area contributed by atoms with Crippen molar-refractivity contribution in [3.8, 4) is 5.75 Å². The second-order valence-corrected chi connectivity index (χ2v) is 8.85. The van der Waals surface area contributed by atoms with Crippen LogP contribution < -0.4 is 10.1 Å². The molecule has 0 bridgehead atoms. The Labute approximate surface area is 202 Å². The molecule has 1 N–H and O–H groups in total. The highest BCUT2D eigenvalue weighted by molar-refractivity contribution is 5.77. The largest absolute Gasteiger partial charge is 0.513 e. The minimum absolute atomic E-state index is 0.0588. The van der Waals surface area contributed by atoms with Crippen LogP contribution in [0.3, 0.4) is 0 Å². The number of nitro groups is 1. The number of nitrogens with one attached hydrogen (secondary N) is 1. The number of benzene rings is 1. The van der Waals surface area contributed by atoms with Crippen LogP contribution in [0.2, 0.25) is 0 Å². The average Bonchev–Trinajstić information content (AvgIpc) is 2.75. The number of hydrogen-bond acceptors (Lipinski definition) is 7. The third-order valence-electron chi connectivity index (χ3n) is 4.50. The first kappa shape index (κ1) is 30.8. The van der Waals surface area contributed by atoms with Gasteiger partial charge in [-0.1, -0.05) is 34.6 Å². The summed E-state index contributed by atoms with van der Waals surface area (Å²) in [5, 5.41) is 13.4. The molecule has 0 aliphatic rings. The molecule has 0 aliphatic heterocycles. The van der Waals surface area contributed by atoms with Crippen molar-refractivity contribution in [2.24, 2.45) is 5.92 Å². The lowest BCUT2D eigenvalue weighted by molar-refractivity contribution is -0.384. The Morgan fingerprint density at radius 2 is 1.65 bits per heavy atom. The van der Waals surface area contributed by atoms with Gasteiger partial charge in [0.2, 0.25) is 11.8 Å². The Morgan fingerprint density at radius 3 is 2.12 bits per heavy atom. The lowest BCUT2D eigenvalue weighted by Gasteiger charge is -2.38. The van der Waals surface area contributed by atoms with Crippen molar-refractivity contribution >= 4 is 23.7 Å². The highest BCUT2D eigenvalue weighted by atomic mass is 16.7. The SMILES string of the molecule is CC(C)C.CCC(=O)NCCC(C)(C)N(CCOC(=O)Oc1ccc([N+](=O)[O-])cc1)C(=O)CC. The number of amides is 2. The van der Waals surface area contributed by atoms with E-state index in [1.165, 1.54) is 24.3 Å². The molecule has 192 valence electrons. The van der Waals surface area contributed by atoms with E-state index in [0.717, 1.165) is 5.92 Å². The standard InChI is InChI=1S/C20H29N3O7.C4H10/c1-5-17(24)21-12-11-20(3,4)22(18(25)6-2)13-14-29-19(26)30-16-9-7-15(8-10-16)23(27)28;1-4(2)3/h7-10H,5-6,11-14H2,1-4H3,(H,21,24);4H,1-3H3. The van der Waals surface area contributed by atoms with Gasteiger partial charge < -0.3 is 19.7 Å². The van der Waals surface area contributed by atoms with Crippen LogP contribution in [0.5, 0.6) is 5.75 Å². The van der Waals surface area contributed by atoms with Crippen LogP contribution in [0.1, 0.15) is 67.7 Å². The van der Waals surface area contributed by atoms with Crippen LogP contribution in [0.25, 0.3) is 0 Å². The first-order valence-electron chi connectivity index (χ1n) is 11.5. The van der Waals surface area contributed by atoms with Crippen molar-refractivity contribution in [1.29, 1.82) is 0 Å². The fourth-order valence-corrected chi connectivity index (χ4v) is 2.71. The Balaban J connectivity index is 0.00000251. The smallest absolute Gasteiger partial charge is 0.432 e. The maximum absolute atomic E-state index is 12.4. The van der Waals surface area contributed by atoms with Crippen LogP contribution in [-0.2, 0) is 14.3 Å². The number of hydrogen-bond donors (Lipinski definition) is 1. The van der Waals surface area contributed by atoms with Crippen molar-refractivity contribution < 1.29 is 28.8 Å². The molecule has 2 amide bonds. The first-order chi connectivity index (χ1) is 15.8. The molecule has 0 radical (unpaired) electrons. The van der Waals surface area contributed by atoms with Gasteiger partial charge in [-0.05, 0) is 38.3 Å². The van der Waals surface area contributed by atoms with E-state index in [1.54, 1.807) is 18.7 Å². The second kappa shape index (κ2) is 15.6. The summed E-state index contributed by atoms with van der Waals surface area (Å²) in [6, 6.07) is 5.01. The van der Waals surface area contributed by atoms with Gasteiger partial charge in [0, 0.05) is 37.1 Å². The summed E-state index contributed by atoms with van der Waals surface area (Å²) in [4.78, 5) is 47.3. The third kappa shape index (κ3) is 12.8. The molecule has 1 aromatic carbocycles. The number of rotatable bonds is 11. The Bertz CT molecular complexity index is 790. The summed E-state index contributed by atoms with van der Waals surface area (Å²) in [6.45, 7) is 14.3. The highest BCUT2D eigenvalue weighted by Crippen LogP contribution is 2.20. The van der Waals surface area contributed by atoms with Gasteiger partial charge in [-0.15, -0.1) is 0 Å². The van der Waals surface area contributed by atoms with Crippen molar-refractivity contribution in [2.45, 2.75) is 73.3 Å². The molecule has 0 fully saturated rings. The van der Waals surface area contributed by atoms with E-state index in [-0.39, 0.29) is 42.8 Å². The normalized spacial score (nSPS) is 10.6. The maximum Gasteiger partial charge on any atom is 0.513 e. The number of carbonyl (C=O) groups is 3. The number of nitro benzene ring substituents is 1. The highest BCUT2D eigenvalue weighted by Gasteiger charge is 2.30. The lowest BCUT2D eigenvalue weighted by atomic mass is 9.97. The molecule has 0 spiro atoms. The van der Waals surface area contributed by atoms with Crippen LogP contribution in [0, 0.1) is 16.0 Å².